The fourth-order valence-electron chi connectivity index (χ4n) is 1.82. The molecule has 1 rings (SSSR count). The number of anilines is 1. The molecule has 5 nitrogen and oxygen atoms in total. The van der Waals surface area contributed by atoms with Gasteiger partial charge in [0, 0.05) is 25.2 Å². The summed E-state index contributed by atoms with van der Waals surface area (Å²) in [4.78, 5) is 13.7. The minimum atomic E-state index is -0.0210. The molecule has 0 atom stereocenters. The van der Waals surface area contributed by atoms with Crippen LogP contribution < -0.4 is 5.73 Å². The Morgan fingerprint density at radius 1 is 1.10 bits per heavy atom. The van der Waals surface area contributed by atoms with E-state index in [-0.39, 0.29) is 5.91 Å². The zero-order valence-corrected chi connectivity index (χ0v) is 11.4. The third-order valence-electron chi connectivity index (χ3n) is 2.95. The van der Waals surface area contributed by atoms with Crippen LogP contribution >= 0.6 is 0 Å². The summed E-state index contributed by atoms with van der Waals surface area (Å²) < 4.78 is 0. The van der Waals surface area contributed by atoms with Crippen molar-refractivity contribution in [3.8, 4) is 12.1 Å². The molecule has 104 valence electrons. The first kappa shape index (κ1) is 15.5. The number of rotatable bonds is 7. The summed E-state index contributed by atoms with van der Waals surface area (Å²) in [7, 11) is 0. The van der Waals surface area contributed by atoms with E-state index in [0.717, 1.165) is 5.56 Å². The van der Waals surface area contributed by atoms with Crippen LogP contribution in [0.25, 0.3) is 0 Å². The maximum Gasteiger partial charge on any atom is 0.222 e. The van der Waals surface area contributed by atoms with E-state index in [1.807, 2.05) is 36.4 Å². The lowest BCUT2D eigenvalue weighted by molar-refractivity contribution is -0.131. The largest absolute Gasteiger partial charge is 0.399 e. The minimum Gasteiger partial charge on any atom is -0.399 e. The molecule has 0 unspecified atom stereocenters. The SMILES string of the molecule is N#CCCN(CCC#N)C(=O)CCc1ccc(N)cc1. The van der Waals surface area contributed by atoms with Crippen molar-refractivity contribution in [2.45, 2.75) is 25.7 Å². The van der Waals surface area contributed by atoms with Crippen LogP contribution in [0.4, 0.5) is 5.69 Å². The lowest BCUT2D eigenvalue weighted by Crippen LogP contribution is -2.32. The number of hydrogen-bond donors (Lipinski definition) is 1. The van der Waals surface area contributed by atoms with E-state index in [0.29, 0.717) is 44.5 Å². The predicted octanol–water partition coefficient (Wildman–Crippen LogP) is 1.86. The van der Waals surface area contributed by atoms with Gasteiger partial charge in [0.2, 0.25) is 5.91 Å². The number of carbonyl (C=O) groups is 1. The Kier molecular flexibility index (Phi) is 6.64. The first-order valence-electron chi connectivity index (χ1n) is 6.53. The molecule has 0 saturated heterocycles. The van der Waals surface area contributed by atoms with Crippen LogP contribution in [-0.4, -0.2) is 23.9 Å². The van der Waals surface area contributed by atoms with Crippen molar-refractivity contribution in [3.63, 3.8) is 0 Å². The number of hydrogen-bond acceptors (Lipinski definition) is 4. The molecule has 0 aliphatic carbocycles. The molecule has 0 aliphatic heterocycles. The Bertz CT molecular complexity index is 492. The van der Waals surface area contributed by atoms with Gasteiger partial charge in [-0.2, -0.15) is 10.5 Å². The van der Waals surface area contributed by atoms with Crippen LogP contribution in [0, 0.1) is 22.7 Å². The van der Waals surface area contributed by atoms with Gasteiger partial charge in [0.05, 0.1) is 25.0 Å². The summed E-state index contributed by atoms with van der Waals surface area (Å²) in [6, 6.07) is 11.5. The Morgan fingerprint density at radius 2 is 1.65 bits per heavy atom. The fourth-order valence-corrected chi connectivity index (χ4v) is 1.82. The zero-order chi connectivity index (χ0) is 14.8. The lowest BCUT2D eigenvalue weighted by atomic mass is 10.1. The van der Waals surface area contributed by atoms with Gasteiger partial charge in [0.1, 0.15) is 0 Å². The molecule has 20 heavy (non-hydrogen) atoms. The van der Waals surface area contributed by atoms with E-state index in [2.05, 4.69) is 0 Å². The third kappa shape index (κ3) is 5.41. The van der Waals surface area contributed by atoms with Crippen molar-refractivity contribution in [3.05, 3.63) is 29.8 Å². The van der Waals surface area contributed by atoms with Gasteiger partial charge in [0.25, 0.3) is 0 Å². The van der Waals surface area contributed by atoms with Crippen molar-refractivity contribution in [2.75, 3.05) is 18.8 Å². The van der Waals surface area contributed by atoms with Crippen molar-refractivity contribution < 1.29 is 4.79 Å². The summed E-state index contributed by atoms with van der Waals surface area (Å²) in [6.45, 7) is 0.775. The molecule has 5 heteroatoms. The molecule has 0 heterocycles. The number of nitrogens with two attached hydrogens (primary N) is 1. The second-order valence-corrected chi connectivity index (χ2v) is 4.44. The maximum atomic E-state index is 12.1. The highest BCUT2D eigenvalue weighted by Crippen LogP contribution is 2.09. The van der Waals surface area contributed by atoms with Gasteiger partial charge < -0.3 is 10.6 Å². The Morgan fingerprint density at radius 3 is 2.15 bits per heavy atom. The van der Waals surface area contributed by atoms with E-state index >= 15 is 0 Å². The summed E-state index contributed by atoms with van der Waals surface area (Å²) in [6.07, 6.45) is 1.59. The van der Waals surface area contributed by atoms with Gasteiger partial charge in [-0.15, -0.1) is 0 Å². The molecule has 2 N–H and O–H groups in total. The first-order valence-corrected chi connectivity index (χ1v) is 6.53. The standard InChI is InChI=1S/C15H18N4O/c16-9-1-11-19(12-2-10-17)15(20)8-5-13-3-6-14(18)7-4-13/h3-4,6-7H,1-2,5,8,11-12,18H2. The fraction of sp³-hybridized carbons (Fsp3) is 0.400. The van der Waals surface area contributed by atoms with E-state index in [9.17, 15) is 4.79 Å². The van der Waals surface area contributed by atoms with Crippen molar-refractivity contribution in [1.82, 2.24) is 4.90 Å². The van der Waals surface area contributed by atoms with Crippen LogP contribution in [0.5, 0.6) is 0 Å². The lowest BCUT2D eigenvalue weighted by Gasteiger charge is -2.20. The number of nitrogen functional groups attached to an aromatic ring is 1. The predicted molar refractivity (Wildman–Crippen MR) is 76.2 cm³/mol. The molecule has 0 saturated carbocycles. The van der Waals surface area contributed by atoms with Gasteiger partial charge >= 0.3 is 0 Å². The van der Waals surface area contributed by atoms with E-state index in [1.165, 1.54) is 0 Å². The molecule has 1 aromatic rings. The van der Waals surface area contributed by atoms with Crippen LogP contribution in [0.3, 0.4) is 0 Å². The first-order chi connectivity index (χ1) is 9.67. The third-order valence-corrected chi connectivity index (χ3v) is 2.95. The summed E-state index contributed by atoms with van der Waals surface area (Å²) in [5.41, 5.74) is 7.35. The number of benzene rings is 1. The van der Waals surface area contributed by atoms with Gasteiger partial charge in [-0.05, 0) is 24.1 Å². The molecule has 1 aromatic carbocycles. The topological polar surface area (TPSA) is 93.9 Å². The average Bonchev–Trinajstić information content (AvgIpc) is 2.46. The van der Waals surface area contributed by atoms with Crippen LogP contribution in [0.15, 0.2) is 24.3 Å². The molecular formula is C15H18N4O. The van der Waals surface area contributed by atoms with E-state index < -0.39 is 0 Å². The smallest absolute Gasteiger partial charge is 0.222 e. The Balaban J connectivity index is 2.50. The quantitative estimate of drug-likeness (QED) is 0.765. The van der Waals surface area contributed by atoms with Gasteiger partial charge in [0.15, 0.2) is 0 Å². The molecule has 0 aliphatic rings. The zero-order valence-electron chi connectivity index (χ0n) is 11.4. The Hall–Kier alpha value is -2.53. The summed E-state index contributed by atoms with van der Waals surface area (Å²) in [5.74, 6) is -0.0210. The van der Waals surface area contributed by atoms with Crippen molar-refractivity contribution >= 4 is 11.6 Å². The summed E-state index contributed by atoms with van der Waals surface area (Å²) >= 11 is 0. The van der Waals surface area contributed by atoms with Crippen LogP contribution in [-0.2, 0) is 11.2 Å². The molecule has 0 aromatic heterocycles. The van der Waals surface area contributed by atoms with E-state index in [1.54, 1.807) is 4.90 Å². The van der Waals surface area contributed by atoms with Crippen molar-refractivity contribution in [2.24, 2.45) is 0 Å². The Labute approximate surface area is 119 Å². The average molecular weight is 270 g/mol. The molecule has 0 fully saturated rings. The van der Waals surface area contributed by atoms with Gasteiger partial charge in [-0.3, -0.25) is 4.79 Å². The highest BCUT2D eigenvalue weighted by Gasteiger charge is 2.12. The number of nitrogens with zero attached hydrogens (tertiary/aromatic N) is 3. The van der Waals surface area contributed by atoms with E-state index in [4.69, 9.17) is 16.3 Å². The molecule has 0 radical (unpaired) electrons. The highest BCUT2D eigenvalue weighted by atomic mass is 16.2. The highest BCUT2D eigenvalue weighted by molar-refractivity contribution is 5.76. The number of amides is 1. The van der Waals surface area contributed by atoms with Gasteiger partial charge in [-0.25, -0.2) is 0 Å². The van der Waals surface area contributed by atoms with Gasteiger partial charge in [-0.1, -0.05) is 12.1 Å². The minimum absolute atomic E-state index is 0.0210. The summed E-state index contributed by atoms with van der Waals surface area (Å²) in [5, 5.41) is 17.2. The molecule has 0 bridgehead atoms. The maximum absolute atomic E-state index is 12.1. The second-order valence-electron chi connectivity index (χ2n) is 4.44. The second kappa shape index (κ2) is 8.55. The normalized spacial score (nSPS) is 9.50. The number of aryl methyl sites for hydroxylation is 1. The number of carbonyl (C=O) groups excluding carboxylic acids is 1. The van der Waals surface area contributed by atoms with Crippen LogP contribution in [0.2, 0.25) is 0 Å². The molecule has 1 amide bonds. The molecular weight excluding hydrogens is 252 g/mol. The molecule has 0 spiro atoms. The van der Waals surface area contributed by atoms with Crippen molar-refractivity contribution in [1.29, 1.82) is 10.5 Å². The van der Waals surface area contributed by atoms with Crippen LogP contribution in [0.1, 0.15) is 24.8 Å². The monoisotopic (exact) mass is 270 g/mol. The number of nitriles is 2.